The Hall–Kier alpha value is -1.11. The molecule has 6 nitrogen and oxygen atoms in total. The van der Waals surface area contributed by atoms with E-state index in [2.05, 4.69) is 5.32 Å². The van der Waals surface area contributed by atoms with Crippen molar-refractivity contribution in [3.8, 4) is 0 Å². The Morgan fingerprint density at radius 1 is 1.43 bits per heavy atom. The van der Waals surface area contributed by atoms with Crippen LogP contribution in [0, 0.1) is 0 Å². The van der Waals surface area contributed by atoms with Gasteiger partial charge in [0.25, 0.3) is 0 Å². The summed E-state index contributed by atoms with van der Waals surface area (Å²) in [5.41, 5.74) is 0. The Morgan fingerprint density at radius 2 is 2.14 bits per heavy atom. The molecule has 78 valence electrons. The van der Waals surface area contributed by atoms with Gasteiger partial charge >= 0.3 is 0 Å². The molecule has 7 heteroatoms. The van der Waals surface area contributed by atoms with E-state index in [1.807, 2.05) is 0 Å². The summed E-state index contributed by atoms with van der Waals surface area (Å²) in [6, 6.07) is -0.804. The first kappa shape index (κ1) is 9.45. The number of nitrogens with zero attached hydrogens (tertiary/aromatic N) is 1. The Kier molecular flexibility index (Phi) is 1.99. The summed E-state index contributed by atoms with van der Waals surface area (Å²) in [7, 11) is -3.11. The first-order valence-electron chi connectivity index (χ1n) is 4.23. The Bertz CT molecular complexity index is 377. The standard InChI is InChI=1S/C7H10N2O4S/c10-4-9-1-7(11)8-5-2-14(12,13)3-6(5)9/h4-6H,1-3H2,(H,8,11)/t5-,6+/m1/s1. The van der Waals surface area contributed by atoms with Gasteiger partial charge in [0.15, 0.2) is 9.84 Å². The Balaban J connectivity index is 2.27. The number of carbonyl (C=O) groups is 2. The number of sulfone groups is 1. The van der Waals surface area contributed by atoms with Gasteiger partial charge in [-0.25, -0.2) is 8.42 Å². The van der Waals surface area contributed by atoms with Crippen molar-refractivity contribution in [2.24, 2.45) is 0 Å². The molecule has 2 heterocycles. The molecule has 0 aromatic rings. The number of rotatable bonds is 1. The molecule has 0 spiro atoms. The van der Waals surface area contributed by atoms with Gasteiger partial charge in [-0.15, -0.1) is 0 Å². The monoisotopic (exact) mass is 218 g/mol. The maximum absolute atomic E-state index is 11.3. The lowest BCUT2D eigenvalue weighted by Gasteiger charge is -2.33. The lowest BCUT2D eigenvalue weighted by Crippen LogP contribution is -2.59. The number of hydrogen-bond donors (Lipinski definition) is 1. The zero-order valence-corrected chi connectivity index (χ0v) is 8.16. The number of nitrogens with one attached hydrogen (secondary N) is 1. The summed E-state index contributed by atoms with van der Waals surface area (Å²) >= 11 is 0. The Labute approximate surface area is 81.2 Å². The lowest BCUT2D eigenvalue weighted by atomic mass is 10.1. The number of carbonyl (C=O) groups excluding carboxylic acids is 2. The maximum Gasteiger partial charge on any atom is 0.239 e. The predicted octanol–water partition coefficient (Wildman–Crippen LogP) is -2.26. The molecule has 0 unspecified atom stereocenters. The van der Waals surface area contributed by atoms with Crippen molar-refractivity contribution in [3.05, 3.63) is 0 Å². The van der Waals surface area contributed by atoms with Crippen molar-refractivity contribution in [2.45, 2.75) is 12.1 Å². The average molecular weight is 218 g/mol. The minimum atomic E-state index is -3.11. The van der Waals surface area contributed by atoms with Gasteiger partial charge < -0.3 is 10.2 Å². The normalized spacial score (nSPS) is 34.9. The third-order valence-electron chi connectivity index (χ3n) is 2.56. The predicted molar refractivity (Wildman–Crippen MR) is 47.1 cm³/mol. The highest BCUT2D eigenvalue weighted by molar-refractivity contribution is 7.91. The van der Waals surface area contributed by atoms with E-state index in [9.17, 15) is 18.0 Å². The zero-order chi connectivity index (χ0) is 10.3. The van der Waals surface area contributed by atoms with Crippen LogP contribution in [0.3, 0.4) is 0 Å². The number of fused-ring (bicyclic) bond motifs is 1. The molecule has 1 N–H and O–H groups in total. The van der Waals surface area contributed by atoms with Crippen molar-refractivity contribution < 1.29 is 18.0 Å². The number of amides is 2. The highest BCUT2D eigenvalue weighted by Gasteiger charge is 2.44. The van der Waals surface area contributed by atoms with Gasteiger partial charge in [-0.2, -0.15) is 0 Å². The zero-order valence-electron chi connectivity index (χ0n) is 7.34. The van der Waals surface area contributed by atoms with Crippen molar-refractivity contribution in [3.63, 3.8) is 0 Å². The molecule has 14 heavy (non-hydrogen) atoms. The fourth-order valence-corrected chi connectivity index (χ4v) is 3.88. The lowest BCUT2D eigenvalue weighted by molar-refractivity contribution is -0.133. The SMILES string of the molecule is O=CN1CC(=O)N[C@@H]2CS(=O)(=O)C[C@@H]21. The molecular weight excluding hydrogens is 208 g/mol. The van der Waals surface area contributed by atoms with Crippen molar-refractivity contribution in [1.82, 2.24) is 10.2 Å². The largest absolute Gasteiger partial charge is 0.349 e. The summed E-state index contributed by atoms with van der Waals surface area (Å²) in [6.45, 7) is -0.0415. The van der Waals surface area contributed by atoms with E-state index >= 15 is 0 Å². The molecule has 2 rings (SSSR count). The van der Waals surface area contributed by atoms with Gasteiger partial charge in [-0.3, -0.25) is 9.59 Å². The molecule has 2 amide bonds. The van der Waals surface area contributed by atoms with E-state index in [1.54, 1.807) is 0 Å². The van der Waals surface area contributed by atoms with E-state index in [0.717, 1.165) is 0 Å². The van der Waals surface area contributed by atoms with Crippen LogP contribution in [-0.4, -0.2) is 55.8 Å². The Morgan fingerprint density at radius 3 is 2.79 bits per heavy atom. The molecule has 0 saturated carbocycles. The molecule has 0 bridgehead atoms. The van der Waals surface area contributed by atoms with Crippen LogP contribution < -0.4 is 5.32 Å². The van der Waals surface area contributed by atoms with Gasteiger partial charge in [-0.1, -0.05) is 0 Å². The number of hydrogen-bond acceptors (Lipinski definition) is 4. The quantitative estimate of drug-likeness (QED) is 0.503. The van der Waals surface area contributed by atoms with Gasteiger partial charge in [0, 0.05) is 0 Å². The molecule has 2 aliphatic heterocycles. The van der Waals surface area contributed by atoms with Gasteiger partial charge in [0.2, 0.25) is 12.3 Å². The summed E-state index contributed by atoms with van der Waals surface area (Å²) in [6.07, 6.45) is 0.539. The fourth-order valence-electron chi connectivity index (χ4n) is 1.94. The molecule has 0 aromatic heterocycles. The van der Waals surface area contributed by atoms with E-state index in [4.69, 9.17) is 0 Å². The summed E-state index contributed by atoms with van der Waals surface area (Å²) in [5, 5.41) is 2.58. The first-order chi connectivity index (χ1) is 6.52. The second kappa shape index (κ2) is 2.94. The van der Waals surface area contributed by atoms with Gasteiger partial charge in [-0.05, 0) is 0 Å². The van der Waals surface area contributed by atoms with Crippen LogP contribution in [0.2, 0.25) is 0 Å². The van der Waals surface area contributed by atoms with Gasteiger partial charge in [0.1, 0.15) is 0 Å². The highest BCUT2D eigenvalue weighted by Crippen LogP contribution is 2.20. The van der Waals surface area contributed by atoms with Gasteiger partial charge in [0.05, 0.1) is 30.1 Å². The minimum Gasteiger partial charge on any atom is -0.349 e. The maximum atomic E-state index is 11.3. The van der Waals surface area contributed by atoms with E-state index in [1.165, 1.54) is 4.90 Å². The van der Waals surface area contributed by atoms with Crippen LogP contribution >= 0.6 is 0 Å². The molecule has 0 aliphatic carbocycles. The summed E-state index contributed by atoms with van der Waals surface area (Å²) in [4.78, 5) is 22.9. The van der Waals surface area contributed by atoms with E-state index < -0.39 is 15.9 Å². The molecule has 2 saturated heterocycles. The smallest absolute Gasteiger partial charge is 0.239 e. The van der Waals surface area contributed by atoms with Crippen LogP contribution in [-0.2, 0) is 19.4 Å². The molecule has 2 atom stereocenters. The van der Waals surface area contributed by atoms with Crippen molar-refractivity contribution in [1.29, 1.82) is 0 Å². The van der Waals surface area contributed by atoms with E-state index in [-0.39, 0.29) is 30.0 Å². The average Bonchev–Trinajstić information content (AvgIpc) is 2.37. The first-order valence-corrected chi connectivity index (χ1v) is 6.05. The minimum absolute atomic E-state index is 0.0415. The fraction of sp³-hybridized carbons (Fsp3) is 0.714. The molecular formula is C7H10N2O4S. The van der Waals surface area contributed by atoms with Crippen LogP contribution in [0.25, 0.3) is 0 Å². The topological polar surface area (TPSA) is 83.6 Å². The number of piperazine rings is 1. The van der Waals surface area contributed by atoms with Crippen LogP contribution in [0.1, 0.15) is 0 Å². The molecule has 2 fully saturated rings. The van der Waals surface area contributed by atoms with Crippen LogP contribution in [0.5, 0.6) is 0 Å². The second-order valence-electron chi connectivity index (χ2n) is 3.60. The van der Waals surface area contributed by atoms with Crippen LogP contribution in [0.4, 0.5) is 0 Å². The molecule has 0 aromatic carbocycles. The summed E-state index contributed by atoms with van der Waals surface area (Å²) in [5.74, 6) is -0.403. The van der Waals surface area contributed by atoms with Crippen molar-refractivity contribution in [2.75, 3.05) is 18.1 Å². The van der Waals surface area contributed by atoms with Crippen LogP contribution in [0.15, 0.2) is 0 Å². The van der Waals surface area contributed by atoms with Crippen molar-refractivity contribution >= 4 is 22.2 Å². The third-order valence-corrected chi connectivity index (χ3v) is 4.27. The highest BCUT2D eigenvalue weighted by atomic mass is 32.2. The second-order valence-corrected chi connectivity index (χ2v) is 5.75. The van der Waals surface area contributed by atoms with E-state index in [0.29, 0.717) is 6.41 Å². The summed E-state index contributed by atoms with van der Waals surface area (Å²) < 4.78 is 22.5. The molecule has 2 aliphatic rings. The molecule has 0 radical (unpaired) electrons. The third kappa shape index (κ3) is 1.47.